The summed E-state index contributed by atoms with van der Waals surface area (Å²) in [6.07, 6.45) is 2.89. The molecule has 3 aromatic rings. The van der Waals surface area contributed by atoms with Gasteiger partial charge in [0.1, 0.15) is 17.0 Å². The Labute approximate surface area is 171 Å². The van der Waals surface area contributed by atoms with Crippen LogP contribution in [0.4, 0.5) is 19.0 Å². The second-order valence-electron chi connectivity index (χ2n) is 8.42. The summed E-state index contributed by atoms with van der Waals surface area (Å²) in [5.41, 5.74) is 7.57. The molecule has 1 atom stereocenters. The van der Waals surface area contributed by atoms with E-state index >= 15 is 0 Å². The Morgan fingerprint density at radius 3 is 2.67 bits per heavy atom. The lowest BCUT2D eigenvalue weighted by Gasteiger charge is -2.42. The first-order valence-electron chi connectivity index (χ1n) is 10.3. The molecule has 3 N–H and O–H groups in total. The van der Waals surface area contributed by atoms with Gasteiger partial charge in [-0.25, -0.2) is 9.97 Å². The molecule has 9 heteroatoms. The summed E-state index contributed by atoms with van der Waals surface area (Å²) in [6.45, 7) is 1.75. The predicted molar refractivity (Wildman–Crippen MR) is 108 cm³/mol. The molecule has 1 spiro atoms. The average molecular weight is 416 g/mol. The van der Waals surface area contributed by atoms with E-state index in [2.05, 4.69) is 25.1 Å². The van der Waals surface area contributed by atoms with E-state index in [4.69, 9.17) is 5.73 Å². The SMILES string of the molecule is N[C@@H]1CCCC12CCN(c1cnc3c(-c4cccc(C(F)(F)F)c4)n[nH]c3n1)CC2. The highest BCUT2D eigenvalue weighted by atomic mass is 19.4. The minimum atomic E-state index is -4.41. The molecular formula is C21H23F3N6. The van der Waals surface area contributed by atoms with Crippen LogP contribution in [0, 0.1) is 5.41 Å². The number of anilines is 1. The number of nitrogens with one attached hydrogen (secondary N) is 1. The number of rotatable bonds is 2. The normalized spacial score (nSPS) is 21.6. The zero-order valence-electron chi connectivity index (χ0n) is 16.4. The van der Waals surface area contributed by atoms with E-state index in [1.54, 1.807) is 12.3 Å². The molecular weight excluding hydrogens is 393 g/mol. The molecule has 1 saturated heterocycles. The molecule has 2 aromatic heterocycles. The van der Waals surface area contributed by atoms with Crippen molar-refractivity contribution in [3.63, 3.8) is 0 Å². The molecule has 2 aliphatic rings. The Bertz CT molecular complexity index is 1070. The second-order valence-corrected chi connectivity index (χ2v) is 8.42. The molecule has 158 valence electrons. The zero-order chi connectivity index (χ0) is 20.9. The zero-order valence-corrected chi connectivity index (χ0v) is 16.4. The molecule has 0 amide bonds. The first-order chi connectivity index (χ1) is 14.4. The summed E-state index contributed by atoms with van der Waals surface area (Å²) in [6, 6.07) is 5.38. The van der Waals surface area contributed by atoms with Crippen LogP contribution in [0.15, 0.2) is 30.5 Å². The van der Waals surface area contributed by atoms with Crippen molar-refractivity contribution >= 4 is 17.0 Å². The first-order valence-corrected chi connectivity index (χ1v) is 10.3. The molecule has 0 unspecified atom stereocenters. The second kappa shape index (κ2) is 6.94. The van der Waals surface area contributed by atoms with Gasteiger partial charge in [-0.2, -0.15) is 18.3 Å². The number of aromatic nitrogens is 4. The minimum Gasteiger partial charge on any atom is -0.355 e. The van der Waals surface area contributed by atoms with Crippen molar-refractivity contribution in [2.45, 2.75) is 44.3 Å². The van der Waals surface area contributed by atoms with Crippen LogP contribution >= 0.6 is 0 Å². The van der Waals surface area contributed by atoms with Crippen LogP contribution in [0.25, 0.3) is 22.4 Å². The molecule has 30 heavy (non-hydrogen) atoms. The maximum absolute atomic E-state index is 13.0. The molecule has 3 heterocycles. The highest BCUT2D eigenvalue weighted by Gasteiger charge is 2.43. The van der Waals surface area contributed by atoms with Crippen molar-refractivity contribution in [1.82, 2.24) is 20.2 Å². The van der Waals surface area contributed by atoms with E-state index in [1.807, 2.05) is 0 Å². The van der Waals surface area contributed by atoms with Crippen molar-refractivity contribution in [2.24, 2.45) is 11.1 Å². The summed E-state index contributed by atoms with van der Waals surface area (Å²) in [7, 11) is 0. The number of aromatic amines is 1. The van der Waals surface area contributed by atoms with Crippen LogP contribution in [0.1, 0.15) is 37.7 Å². The van der Waals surface area contributed by atoms with Gasteiger partial charge in [0, 0.05) is 24.7 Å². The van der Waals surface area contributed by atoms with E-state index in [-0.39, 0.29) is 11.5 Å². The number of hydrogen-bond donors (Lipinski definition) is 2. The molecule has 1 saturated carbocycles. The van der Waals surface area contributed by atoms with E-state index < -0.39 is 11.7 Å². The molecule has 2 fully saturated rings. The van der Waals surface area contributed by atoms with Gasteiger partial charge in [0.15, 0.2) is 5.65 Å². The lowest BCUT2D eigenvalue weighted by molar-refractivity contribution is -0.137. The first kappa shape index (κ1) is 19.3. The van der Waals surface area contributed by atoms with Crippen LogP contribution in [-0.4, -0.2) is 39.3 Å². The Balaban J connectivity index is 1.40. The maximum atomic E-state index is 13.0. The fourth-order valence-corrected chi connectivity index (χ4v) is 4.96. The Morgan fingerprint density at radius 1 is 1.17 bits per heavy atom. The number of alkyl halides is 3. The van der Waals surface area contributed by atoms with Gasteiger partial charge in [-0.1, -0.05) is 18.6 Å². The van der Waals surface area contributed by atoms with Crippen molar-refractivity contribution in [2.75, 3.05) is 18.0 Å². The van der Waals surface area contributed by atoms with Crippen LogP contribution in [0.2, 0.25) is 0 Å². The van der Waals surface area contributed by atoms with Gasteiger partial charge >= 0.3 is 6.18 Å². The third-order valence-electron chi connectivity index (χ3n) is 6.78. The standard InChI is InChI=1S/C21H23F3N6/c22-21(23,24)14-4-1-3-13(11-14)17-18-19(29-28-17)27-16(12-26-18)30-9-7-20(8-10-30)6-2-5-15(20)25/h1,3-4,11-12,15H,2,5-10,25H2,(H,27,28,29)/t15-/m1/s1. The van der Waals surface area contributed by atoms with Crippen molar-refractivity contribution < 1.29 is 13.2 Å². The fraction of sp³-hybridized carbons (Fsp3) is 0.476. The van der Waals surface area contributed by atoms with E-state index in [0.717, 1.165) is 50.3 Å². The number of H-pyrrole nitrogens is 1. The largest absolute Gasteiger partial charge is 0.416 e. The van der Waals surface area contributed by atoms with Gasteiger partial charge in [0.25, 0.3) is 0 Å². The number of nitrogens with two attached hydrogens (primary N) is 1. The highest BCUT2D eigenvalue weighted by Crippen LogP contribution is 2.46. The highest BCUT2D eigenvalue weighted by molar-refractivity contribution is 5.88. The van der Waals surface area contributed by atoms with Crippen molar-refractivity contribution in [3.05, 3.63) is 36.0 Å². The Hall–Kier alpha value is -2.68. The third kappa shape index (κ3) is 3.21. The third-order valence-corrected chi connectivity index (χ3v) is 6.78. The molecule has 5 rings (SSSR count). The van der Waals surface area contributed by atoms with E-state index in [0.29, 0.717) is 22.4 Å². The molecule has 6 nitrogen and oxygen atoms in total. The number of benzene rings is 1. The summed E-state index contributed by atoms with van der Waals surface area (Å²) >= 11 is 0. The maximum Gasteiger partial charge on any atom is 0.416 e. The topological polar surface area (TPSA) is 83.7 Å². The molecule has 1 aliphatic carbocycles. The van der Waals surface area contributed by atoms with Gasteiger partial charge < -0.3 is 10.6 Å². The average Bonchev–Trinajstić information content (AvgIpc) is 3.31. The monoisotopic (exact) mass is 416 g/mol. The summed E-state index contributed by atoms with van der Waals surface area (Å²) in [5.74, 6) is 0.753. The van der Waals surface area contributed by atoms with E-state index in [1.165, 1.54) is 18.9 Å². The van der Waals surface area contributed by atoms with Crippen LogP contribution in [0.3, 0.4) is 0 Å². The van der Waals surface area contributed by atoms with Gasteiger partial charge in [-0.3, -0.25) is 5.10 Å². The number of piperidine rings is 1. The Kier molecular flexibility index (Phi) is 4.46. The predicted octanol–water partition coefficient (Wildman–Crippen LogP) is 4.14. The van der Waals surface area contributed by atoms with Crippen molar-refractivity contribution in [1.29, 1.82) is 0 Å². The molecule has 1 aromatic carbocycles. The number of fused-ring (bicyclic) bond motifs is 1. The summed E-state index contributed by atoms with van der Waals surface area (Å²) in [5, 5.41) is 7.02. The molecule has 1 aliphatic heterocycles. The van der Waals surface area contributed by atoms with Gasteiger partial charge in [0.05, 0.1) is 11.8 Å². The molecule has 0 bridgehead atoms. The minimum absolute atomic E-state index is 0.263. The van der Waals surface area contributed by atoms with Crippen LogP contribution in [-0.2, 0) is 6.18 Å². The Morgan fingerprint density at radius 2 is 1.97 bits per heavy atom. The van der Waals surface area contributed by atoms with Gasteiger partial charge in [-0.05, 0) is 43.2 Å². The summed E-state index contributed by atoms with van der Waals surface area (Å²) < 4.78 is 39.1. The lowest BCUT2D eigenvalue weighted by atomic mass is 9.74. The van der Waals surface area contributed by atoms with Gasteiger partial charge in [0.2, 0.25) is 0 Å². The molecule has 0 radical (unpaired) electrons. The smallest absolute Gasteiger partial charge is 0.355 e. The quantitative estimate of drug-likeness (QED) is 0.656. The lowest BCUT2D eigenvalue weighted by Crippen LogP contribution is -2.47. The number of hydrogen-bond acceptors (Lipinski definition) is 5. The van der Waals surface area contributed by atoms with Gasteiger partial charge in [-0.15, -0.1) is 0 Å². The van der Waals surface area contributed by atoms with E-state index in [9.17, 15) is 13.2 Å². The van der Waals surface area contributed by atoms with Crippen LogP contribution < -0.4 is 10.6 Å². The fourth-order valence-electron chi connectivity index (χ4n) is 4.96. The number of nitrogens with zero attached hydrogens (tertiary/aromatic N) is 4. The van der Waals surface area contributed by atoms with Crippen LogP contribution in [0.5, 0.6) is 0 Å². The van der Waals surface area contributed by atoms with Crippen molar-refractivity contribution in [3.8, 4) is 11.3 Å². The number of halogens is 3. The summed E-state index contributed by atoms with van der Waals surface area (Å²) in [4.78, 5) is 11.3.